The number of benzene rings is 1. The van der Waals surface area contributed by atoms with Crippen molar-refractivity contribution in [1.82, 2.24) is 4.90 Å². The summed E-state index contributed by atoms with van der Waals surface area (Å²) in [5, 5.41) is 0. The Morgan fingerprint density at radius 3 is 2.68 bits per heavy atom. The highest BCUT2D eigenvalue weighted by atomic mass is 16.1. The molecule has 0 saturated carbocycles. The van der Waals surface area contributed by atoms with E-state index in [1.54, 1.807) is 0 Å². The Morgan fingerprint density at radius 2 is 2.00 bits per heavy atom. The van der Waals surface area contributed by atoms with Crippen molar-refractivity contribution in [1.29, 1.82) is 0 Å². The summed E-state index contributed by atoms with van der Waals surface area (Å²) in [6, 6.07) is 9.64. The summed E-state index contributed by atoms with van der Waals surface area (Å²) in [5.74, 6) is 1.16. The molecule has 1 aliphatic rings. The molecule has 2 nitrogen and oxygen atoms in total. The van der Waals surface area contributed by atoms with Gasteiger partial charge in [-0.25, -0.2) is 0 Å². The summed E-state index contributed by atoms with van der Waals surface area (Å²) in [6.07, 6.45) is 5.47. The molecule has 2 rings (SSSR count). The zero-order valence-corrected chi connectivity index (χ0v) is 12.0. The smallest absolute Gasteiger partial charge is 0.162 e. The van der Waals surface area contributed by atoms with Crippen LogP contribution in [0.15, 0.2) is 30.3 Å². The molecule has 0 spiro atoms. The van der Waals surface area contributed by atoms with E-state index in [2.05, 4.69) is 11.8 Å². The summed E-state index contributed by atoms with van der Waals surface area (Å²) >= 11 is 0. The Bertz CT molecular complexity index is 388. The van der Waals surface area contributed by atoms with Crippen LogP contribution in [-0.2, 0) is 0 Å². The van der Waals surface area contributed by atoms with Crippen LogP contribution in [-0.4, -0.2) is 30.3 Å². The molecule has 0 amide bonds. The molecule has 1 aliphatic heterocycles. The normalized spacial score (nSPS) is 19.7. The first-order valence-corrected chi connectivity index (χ1v) is 7.56. The molecule has 0 aliphatic carbocycles. The number of hydrogen-bond acceptors (Lipinski definition) is 2. The first-order valence-electron chi connectivity index (χ1n) is 7.56. The minimum atomic E-state index is 0.287. The van der Waals surface area contributed by atoms with Crippen LogP contribution in [0.4, 0.5) is 0 Å². The number of hydrogen-bond donors (Lipinski definition) is 0. The van der Waals surface area contributed by atoms with Gasteiger partial charge in [-0.3, -0.25) is 4.79 Å². The average molecular weight is 259 g/mol. The van der Waals surface area contributed by atoms with Crippen LogP contribution >= 0.6 is 0 Å². The number of unbranched alkanes of at least 4 members (excludes halogenated alkanes) is 2. The van der Waals surface area contributed by atoms with Crippen molar-refractivity contribution in [2.75, 3.05) is 19.6 Å². The van der Waals surface area contributed by atoms with Gasteiger partial charge in [0.25, 0.3) is 0 Å². The van der Waals surface area contributed by atoms with Crippen LogP contribution in [0.1, 0.15) is 49.4 Å². The highest BCUT2D eigenvalue weighted by molar-refractivity contribution is 5.95. The maximum Gasteiger partial charge on any atom is 0.162 e. The largest absolute Gasteiger partial charge is 0.303 e. The molecule has 0 aromatic heterocycles. The predicted octanol–water partition coefficient (Wildman–Crippen LogP) is 3.77. The number of nitrogens with zero attached hydrogens (tertiary/aromatic N) is 1. The second kappa shape index (κ2) is 7.44. The third-order valence-corrected chi connectivity index (χ3v) is 3.98. The highest BCUT2D eigenvalue weighted by Crippen LogP contribution is 2.16. The van der Waals surface area contributed by atoms with Crippen LogP contribution < -0.4 is 0 Å². The van der Waals surface area contributed by atoms with Gasteiger partial charge in [-0.15, -0.1) is 0 Å². The maximum atomic E-state index is 11.9. The van der Waals surface area contributed by atoms with E-state index in [-0.39, 0.29) is 5.78 Å². The predicted molar refractivity (Wildman–Crippen MR) is 79.5 cm³/mol. The number of carbonyl (C=O) groups is 1. The summed E-state index contributed by atoms with van der Waals surface area (Å²) in [4.78, 5) is 14.5. The third kappa shape index (κ3) is 4.79. The van der Waals surface area contributed by atoms with Crippen molar-refractivity contribution in [2.24, 2.45) is 5.92 Å². The van der Waals surface area contributed by atoms with Crippen LogP contribution in [0.3, 0.4) is 0 Å². The van der Waals surface area contributed by atoms with Gasteiger partial charge >= 0.3 is 0 Å². The van der Waals surface area contributed by atoms with Crippen molar-refractivity contribution >= 4 is 5.78 Å². The lowest BCUT2D eigenvalue weighted by Crippen LogP contribution is -2.21. The first kappa shape index (κ1) is 14.3. The molecule has 1 saturated heterocycles. The maximum absolute atomic E-state index is 11.9. The zero-order chi connectivity index (χ0) is 13.5. The molecule has 104 valence electrons. The standard InChI is InChI=1S/C17H25NO/c1-15-11-13-18(14-15)12-7-3-6-10-17(19)16-8-4-2-5-9-16/h2,4-5,8-9,15H,3,6-7,10-14H2,1H3. The topological polar surface area (TPSA) is 20.3 Å². The molecule has 1 aromatic carbocycles. The van der Waals surface area contributed by atoms with Crippen LogP contribution in [0.5, 0.6) is 0 Å². The fourth-order valence-corrected chi connectivity index (χ4v) is 2.80. The zero-order valence-electron chi connectivity index (χ0n) is 12.0. The quantitative estimate of drug-likeness (QED) is 0.549. The number of rotatable bonds is 7. The molecule has 0 bridgehead atoms. The second-order valence-electron chi connectivity index (χ2n) is 5.79. The lowest BCUT2D eigenvalue weighted by atomic mass is 10.0. The van der Waals surface area contributed by atoms with Gasteiger partial charge in [0.15, 0.2) is 5.78 Å². The summed E-state index contributed by atoms with van der Waals surface area (Å²) < 4.78 is 0. The van der Waals surface area contributed by atoms with E-state index in [9.17, 15) is 4.79 Å². The molecule has 1 heterocycles. The van der Waals surface area contributed by atoms with Gasteiger partial charge in [0, 0.05) is 18.5 Å². The van der Waals surface area contributed by atoms with Crippen molar-refractivity contribution < 1.29 is 4.79 Å². The van der Waals surface area contributed by atoms with Crippen molar-refractivity contribution in [3.63, 3.8) is 0 Å². The van der Waals surface area contributed by atoms with Gasteiger partial charge in [-0.2, -0.15) is 0 Å². The number of ketones is 1. The minimum absolute atomic E-state index is 0.287. The first-order chi connectivity index (χ1) is 9.25. The molecule has 1 unspecified atom stereocenters. The van der Waals surface area contributed by atoms with Crippen LogP contribution in [0.2, 0.25) is 0 Å². The average Bonchev–Trinajstić information content (AvgIpc) is 2.85. The Balaban J connectivity index is 1.56. The molecular weight excluding hydrogens is 234 g/mol. The second-order valence-corrected chi connectivity index (χ2v) is 5.79. The highest BCUT2D eigenvalue weighted by Gasteiger charge is 2.17. The van der Waals surface area contributed by atoms with Gasteiger partial charge in [0.2, 0.25) is 0 Å². The number of likely N-dealkylation sites (tertiary alicyclic amines) is 1. The van der Waals surface area contributed by atoms with Gasteiger partial charge < -0.3 is 4.90 Å². The summed E-state index contributed by atoms with van der Waals surface area (Å²) in [5.41, 5.74) is 0.857. The van der Waals surface area contributed by atoms with Crippen molar-refractivity contribution in [3.8, 4) is 0 Å². The van der Waals surface area contributed by atoms with Crippen molar-refractivity contribution in [3.05, 3.63) is 35.9 Å². The molecule has 19 heavy (non-hydrogen) atoms. The van der Waals surface area contributed by atoms with Crippen LogP contribution in [0, 0.1) is 5.92 Å². The molecule has 1 fully saturated rings. The van der Waals surface area contributed by atoms with E-state index < -0.39 is 0 Å². The fourth-order valence-electron chi connectivity index (χ4n) is 2.80. The summed E-state index contributed by atoms with van der Waals surface area (Å²) in [7, 11) is 0. The SMILES string of the molecule is CC1CCN(CCCCCC(=O)c2ccccc2)C1. The Hall–Kier alpha value is -1.15. The molecule has 0 radical (unpaired) electrons. The Kier molecular flexibility index (Phi) is 5.59. The van der Waals surface area contributed by atoms with E-state index in [0.29, 0.717) is 6.42 Å². The molecular formula is C17H25NO. The Labute approximate surface area is 116 Å². The third-order valence-electron chi connectivity index (χ3n) is 3.98. The molecule has 1 atom stereocenters. The molecule has 1 aromatic rings. The Morgan fingerprint density at radius 1 is 1.21 bits per heavy atom. The number of carbonyl (C=O) groups excluding carboxylic acids is 1. The van der Waals surface area contributed by atoms with E-state index in [1.807, 2.05) is 30.3 Å². The summed E-state index contributed by atoms with van der Waals surface area (Å²) in [6.45, 7) is 6.08. The van der Waals surface area contributed by atoms with Gasteiger partial charge in [0.05, 0.1) is 0 Å². The lowest BCUT2D eigenvalue weighted by molar-refractivity contribution is 0.0979. The number of Topliss-reactive ketones (excluding diaryl/α,β-unsaturated/α-hetero) is 1. The van der Waals surface area contributed by atoms with Crippen molar-refractivity contribution in [2.45, 2.75) is 39.0 Å². The van der Waals surface area contributed by atoms with E-state index >= 15 is 0 Å². The monoisotopic (exact) mass is 259 g/mol. The molecule has 0 N–H and O–H groups in total. The van der Waals surface area contributed by atoms with Gasteiger partial charge in [-0.05, 0) is 38.3 Å². The van der Waals surface area contributed by atoms with Crippen LogP contribution in [0.25, 0.3) is 0 Å². The molecule has 2 heteroatoms. The fraction of sp³-hybridized carbons (Fsp3) is 0.588. The lowest BCUT2D eigenvalue weighted by Gasteiger charge is -2.14. The van der Waals surface area contributed by atoms with E-state index in [0.717, 1.165) is 17.9 Å². The van der Waals surface area contributed by atoms with E-state index in [1.165, 1.54) is 38.9 Å². The minimum Gasteiger partial charge on any atom is -0.303 e. The van der Waals surface area contributed by atoms with E-state index in [4.69, 9.17) is 0 Å². The van der Waals surface area contributed by atoms with Gasteiger partial charge in [0.1, 0.15) is 0 Å². The van der Waals surface area contributed by atoms with Gasteiger partial charge in [-0.1, -0.05) is 43.7 Å².